The van der Waals surface area contributed by atoms with Gasteiger partial charge in [-0.2, -0.15) is 0 Å². The largest absolute Gasteiger partial charge is 0.388 e. The SMILES string of the molecule is CCSc1ccc(C(=O)N2CC[C@](O)(CC)[C@H](O)C2)s1. The maximum Gasteiger partial charge on any atom is 0.264 e. The first kappa shape index (κ1) is 15.8. The van der Waals surface area contributed by atoms with E-state index in [2.05, 4.69) is 6.92 Å². The molecular formula is C14H21NO3S2. The number of nitrogens with zero attached hydrogens (tertiary/aromatic N) is 1. The quantitative estimate of drug-likeness (QED) is 0.836. The second-order valence-electron chi connectivity index (χ2n) is 5.03. The topological polar surface area (TPSA) is 60.8 Å². The summed E-state index contributed by atoms with van der Waals surface area (Å²) in [5, 5.41) is 20.2. The average molecular weight is 315 g/mol. The zero-order valence-electron chi connectivity index (χ0n) is 11.8. The van der Waals surface area contributed by atoms with Crippen LogP contribution in [0.5, 0.6) is 0 Å². The lowest BCUT2D eigenvalue weighted by Crippen LogP contribution is -2.56. The van der Waals surface area contributed by atoms with E-state index in [-0.39, 0.29) is 12.5 Å². The molecule has 0 spiro atoms. The third-order valence-electron chi connectivity index (χ3n) is 3.81. The Kier molecular flexibility index (Phi) is 5.12. The minimum absolute atomic E-state index is 0.0462. The van der Waals surface area contributed by atoms with Crippen molar-refractivity contribution in [2.24, 2.45) is 0 Å². The maximum absolute atomic E-state index is 12.4. The van der Waals surface area contributed by atoms with Crippen molar-refractivity contribution in [3.05, 3.63) is 17.0 Å². The molecule has 1 aliphatic heterocycles. The molecule has 2 rings (SSSR count). The Morgan fingerprint density at radius 3 is 2.90 bits per heavy atom. The van der Waals surface area contributed by atoms with E-state index in [0.29, 0.717) is 24.3 Å². The van der Waals surface area contributed by atoms with Crippen molar-refractivity contribution in [3.63, 3.8) is 0 Å². The summed E-state index contributed by atoms with van der Waals surface area (Å²) in [5.41, 5.74) is -1.05. The van der Waals surface area contributed by atoms with Crippen LogP contribution in [0.1, 0.15) is 36.4 Å². The Labute approximate surface area is 127 Å². The summed E-state index contributed by atoms with van der Waals surface area (Å²) in [5.74, 6) is 0.940. The van der Waals surface area contributed by atoms with Crippen molar-refractivity contribution in [2.45, 2.75) is 42.6 Å². The first-order valence-electron chi connectivity index (χ1n) is 6.92. The number of β-amino-alcohol motifs (C(OH)–C–C–N with tert-alkyl or cyclic N) is 1. The molecule has 1 amide bonds. The van der Waals surface area contributed by atoms with Crippen molar-refractivity contribution in [2.75, 3.05) is 18.8 Å². The lowest BCUT2D eigenvalue weighted by molar-refractivity contribution is -0.114. The van der Waals surface area contributed by atoms with Gasteiger partial charge in [-0.15, -0.1) is 23.1 Å². The van der Waals surface area contributed by atoms with Gasteiger partial charge in [0.05, 0.1) is 14.7 Å². The number of aliphatic hydroxyl groups excluding tert-OH is 1. The molecule has 1 saturated heterocycles. The fourth-order valence-corrected chi connectivity index (χ4v) is 4.39. The van der Waals surface area contributed by atoms with Crippen molar-refractivity contribution in [1.82, 2.24) is 4.90 Å². The summed E-state index contributed by atoms with van der Waals surface area (Å²) in [6, 6.07) is 3.81. The minimum Gasteiger partial charge on any atom is -0.388 e. The van der Waals surface area contributed by atoms with Gasteiger partial charge >= 0.3 is 0 Å². The van der Waals surface area contributed by atoms with Crippen LogP contribution in [-0.2, 0) is 0 Å². The van der Waals surface area contributed by atoms with E-state index in [0.717, 1.165) is 9.96 Å². The summed E-state index contributed by atoms with van der Waals surface area (Å²) in [4.78, 5) is 14.7. The van der Waals surface area contributed by atoms with Gasteiger partial charge in [0.25, 0.3) is 5.91 Å². The van der Waals surface area contributed by atoms with E-state index >= 15 is 0 Å². The molecule has 0 bridgehead atoms. The molecule has 0 radical (unpaired) electrons. The number of rotatable bonds is 4. The Morgan fingerprint density at radius 1 is 1.55 bits per heavy atom. The molecule has 0 saturated carbocycles. The third-order valence-corrected chi connectivity index (χ3v) is 5.99. The highest BCUT2D eigenvalue weighted by atomic mass is 32.2. The van der Waals surface area contributed by atoms with Gasteiger partial charge < -0.3 is 15.1 Å². The molecule has 1 fully saturated rings. The normalized spacial score (nSPS) is 26.8. The number of hydrogen-bond acceptors (Lipinski definition) is 5. The van der Waals surface area contributed by atoms with Crippen molar-refractivity contribution < 1.29 is 15.0 Å². The zero-order chi connectivity index (χ0) is 14.8. The number of carbonyl (C=O) groups is 1. The van der Waals surface area contributed by atoms with Gasteiger partial charge in [-0.25, -0.2) is 0 Å². The van der Waals surface area contributed by atoms with E-state index in [1.54, 1.807) is 16.7 Å². The highest BCUT2D eigenvalue weighted by molar-refractivity contribution is 8.01. The van der Waals surface area contributed by atoms with Crippen LogP contribution in [-0.4, -0.2) is 51.6 Å². The molecule has 1 aromatic heterocycles. The van der Waals surface area contributed by atoms with Gasteiger partial charge in [-0.3, -0.25) is 4.79 Å². The van der Waals surface area contributed by atoms with E-state index in [1.165, 1.54) is 11.3 Å². The molecule has 0 aromatic carbocycles. The Balaban J connectivity index is 2.03. The molecule has 1 aromatic rings. The van der Waals surface area contributed by atoms with E-state index in [1.807, 2.05) is 19.1 Å². The monoisotopic (exact) mass is 315 g/mol. The highest BCUT2D eigenvalue weighted by Gasteiger charge is 2.40. The van der Waals surface area contributed by atoms with Gasteiger partial charge in [0.2, 0.25) is 0 Å². The number of carbonyl (C=O) groups excluding carboxylic acids is 1. The van der Waals surface area contributed by atoms with Crippen LogP contribution in [0.25, 0.3) is 0 Å². The number of aliphatic hydroxyl groups is 2. The van der Waals surface area contributed by atoms with E-state index in [9.17, 15) is 15.0 Å². The predicted molar refractivity (Wildman–Crippen MR) is 82.5 cm³/mol. The molecule has 2 N–H and O–H groups in total. The van der Waals surface area contributed by atoms with Crippen LogP contribution >= 0.6 is 23.1 Å². The molecular weight excluding hydrogens is 294 g/mol. The molecule has 1 aliphatic rings. The van der Waals surface area contributed by atoms with Crippen LogP contribution in [0, 0.1) is 0 Å². The van der Waals surface area contributed by atoms with Crippen LogP contribution < -0.4 is 0 Å². The smallest absolute Gasteiger partial charge is 0.264 e. The fourth-order valence-electron chi connectivity index (χ4n) is 2.37. The minimum atomic E-state index is -1.05. The first-order chi connectivity index (χ1) is 9.50. The predicted octanol–water partition coefficient (Wildman–Crippen LogP) is 2.21. The Bertz CT molecular complexity index is 477. The average Bonchev–Trinajstić information content (AvgIpc) is 2.90. The number of piperidine rings is 1. The number of thiophene rings is 1. The standard InChI is InChI=1S/C14H21NO3S2/c1-3-14(18)7-8-15(9-11(14)16)13(17)10-5-6-12(20-10)19-4-2/h5-6,11,16,18H,3-4,7-9H2,1-2H3/t11-,14-/m1/s1. The van der Waals surface area contributed by atoms with Gasteiger partial charge in [0.15, 0.2) is 0 Å². The summed E-state index contributed by atoms with van der Waals surface area (Å²) in [6.07, 6.45) is 0.0693. The Hall–Kier alpha value is -0.560. The number of likely N-dealkylation sites (tertiary alicyclic amines) is 1. The number of amides is 1. The van der Waals surface area contributed by atoms with Gasteiger partial charge in [0, 0.05) is 13.1 Å². The van der Waals surface area contributed by atoms with Crippen LogP contribution in [0.15, 0.2) is 16.3 Å². The molecule has 112 valence electrons. The molecule has 20 heavy (non-hydrogen) atoms. The molecule has 0 aliphatic carbocycles. The molecule has 0 unspecified atom stereocenters. The lowest BCUT2D eigenvalue weighted by Gasteiger charge is -2.41. The maximum atomic E-state index is 12.4. The van der Waals surface area contributed by atoms with E-state index < -0.39 is 11.7 Å². The molecule has 2 heterocycles. The van der Waals surface area contributed by atoms with Crippen LogP contribution in [0.3, 0.4) is 0 Å². The zero-order valence-corrected chi connectivity index (χ0v) is 13.5. The summed E-state index contributed by atoms with van der Waals surface area (Å²) < 4.78 is 1.14. The molecule has 6 heteroatoms. The second kappa shape index (κ2) is 6.47. The lowest BCUT2D eigenvalue weighted by atomic mass is 9.86. The highest BCUT2D eigenvalue weighted by Crippen LogP contribution is 2.30. The number of hydrogen-bond donors (Lipinski definition) is 2. The van der Waals surface area contributed by atoms with Crippen molar-refractivity contribution in [1.29, 1.82) is 0 Å². The molecule has 2 atom stereocenters. The van der Waals surface area contributed by atoms with Crippen molar-refractivity contribution >= 4 is 29.0 Å². The van der Waals surface area contributed by atoms with Crippen molar-refractivity contribution in [3.8, 4) is 0 Å². The second-order valence-corrected chi connectivity index (χ2v) is 7.67. The summed E-state index contributed by atoms with van der Waals surface area (Å²) in [6.45, 7) is 4.64. The first-order valence-corrected chi connectivity index (χ1v) is 8.72. The third kappa shape index (κ3) is 3.19. The molecule has 4 nitrogen and oxygen atoms in total. The van der Waals surface area contributed by atoms with Crippen LogP contribution in [0.4, 0.5) is 0 Å². The summed E-state index contributed by atoms with van der Waals surface area (Å²) in [7, 11) is 0. The van der Waals surface area contributed by atoms with E-state index in [4.69, 9.17) is 0 Å². The van der Waals surface area contributed by atoms with Gasteiger partial charge in [0.1, 0.15) is 6.10 Å². The van der Waals surface area contributed by atoms with Gasteiger partial charge in [-0.1, -0.05) is 13.8 Å². The van der Waals surface area contributed by atoms with Crippen LogP contribution in [0.2, 0.25) is 0 Å². The number of thioether (sulfide) groups is 1. The fraction of sp³-hybridized carbons (Fsp3) is 0.643. The summed E-state index contributed by atoms with van der Waals surface area (Å²) >= 11 is 3.22. The Morgan fingerprint density at radius 2 is 2.30 bits per heavy atom. The van der Waals surface area contributed by atoms with Gasteiger partial charge in [-0.05, 0) is 30.7 Å².